The van der Waals surface area contributed by atoms with Crippen LogP contribution in [0.4, 0.5) is 0 Å². The lowest BCUT2D eigenvalue weighted by atomic mass is 9.74. The van der Waals surface area contributed by atoms with Crippen molar-refractivity contribution in [2.24, 2.45) is 17.8 Å². The van der Waals surface area contributed by atoms with Crippen molar-refractivity contribution in [3.05, 3.63) is 11.1 Å². The molecule has 1 heterocycles. The second kappa shape index (κ2) is 4.58. The number of nitrogens with zero attached hydrogens (tertiary/aromatic N) is 2. The zero-order valence-corrected chi connectivity index (χ0v) is 10.1. The fourth-order valence-corrected chi connectivity index (χ4v) is 3.29. The van der Waals surface area contributed by atoms with E-state index in [0.717, 1.165) is 30.4 Å². The van der Waals surface area contributed by atoms with Crippen molar-refractivity contribution in [2.45, 2.75) is 39.2 Å². The summed E-state index contributed by atoms with van der Waals surface area (Å²) in [4.78, 5) is 0. The molecule has 4 heteroatoms. The normalized spacial score (nSPS) is 33.9. The topological polar surface area (TPSA) is 46.0 Å². The molecule has 84 valence electrons. The molecule has 1 aliphatic carbocycles. The van der Waals surface area contributed by atoms with E-state index >= 15 is 0 Å². The Hall–Kier alpha value is -0.480. The summed E-state index contributed by atoms with van der Waals surface area (Å²) in [5.74, 6) is 1.81. The molecule has 0 saturated heterocycles. The van der Waals surface area contributed by atoms with Gasteiger partial charge in [-0.2, -0.15) is 0 Å². The Bertz CT molecular complexity index is 292. The highest BCUT2D eigenvalue weighted by molar-refractivity contribution is 7.03. The maximum atomic E-state index is 10.2. The average molecular weight is 226 g/mol. The molecule has 3 unspecified atom stereocenters. The number of aliphatic hydroxyl groups is 1. The summed E-state index contributed by atoms with van der Waals surface area (Å²) in [5, 5.41) is 16.0. The van der Waals surface area contributed by atoms with Crippen LogP contribution in [0.5, 0.6) is 0 Å². The monoisotopic (exact) mass is 226 g/mol. The Kier molecular flexibility index (Phi) is 3.36. The third kappa shape index (κ3) is 2.55. The van der Waals surface area contributed by atoms with Gasteiger partial charge in [0.1, 0.15) is 11.8 Å². The highest BCUT2D eigenvalue weighted by Gasteiger charge is 2.30. The van der Waals surface area contributed by atoms with Gasteiger partial charge in [0, 0.05) is 5.38 Å². The van der Waals surface area contributed by atoms with Gasteiger partial charge in [-0.3, -0.25) is 0 Å². The van der Waals surface area contributed by atoms with Gasteiger partial charge in [0.05, 0.1) is 0 Å². The van der Waals surface area contributed by atoms with E-state index in [9.17, 15) is 5.11 Å². The van der Waals surface area contributed by atoms with E-state index in [-0.39, 0.29) is 0 Å². The van der Waals surface area contributed by atoms with Gasteiger partial charge in [-0.05, 0) is 48.5 Å². The SMILES string of the molecule is CC1CC(C)CC(C(O)c2csnn2)C1. The van der Waals surface area contributed by atoms with Crippen molar-refractivity contribution in [2.75, 3.05) is 0 Å². The Morgan fingerprint density at radius 1 is 1.33 bits per heavy atom. The lowest BCUT2D eigenvalue weighted by molar-refractivity contribution is 0.0522. The van der Waals surface area contributed by atoms with Crippen LogP contribution in [0.1, 0.15) is 44.9 Å². The van der Waals surface area contributed by atoms with Crippen LogP contribution in [0.3, 0.4) is 0 Å². The second-order valence-corrected chi connectivity index (χ2v) is 5.56. The maximum absolute atomic E-state index is 10.2. The Labute approximate surface area is 94.7 Å². The number of aliphatic hydroxyl groups excluding tert-OH is 1. The van der Waals surface area contributed by atoms with Crippen LogP contribution in [0.2, 0.25) is 0 Å². The molecular formula is C11H18N2OS. The Morgan fingerprint density at radius 3 is 2.53 bits per heavy atom. The maximum Gasteiger partial charge on any atom is 0.104 e. The zero-order valence-electron chi connectivity index (χ0n) is 9.26. The minimum atomic E-state index is -0.408. The Morgan fingerprint density at radius 2 is 2.00 bits per heavy atom. The largest absolute Gasteiger partial charge is 0.386 e. The van der Waals surface area contributed by atoms with E-state index in [1.54, 1.807) is 0 Å². The smallest absolute Gasteiger partial charge is 0.104 e. The first kappa shape index (κ1) is 11.0. The molecule has 2 rings (SSSR count). The van der Waals surface area contributed by atoms with Gasteiger partial charge >= 0.3 is 0 Å². The molecule has 1 aromatic rings. The van der Waals surface area contributed by atoms with Gasteiger partial charge in [-0.1, -0.05) is 18.3 Å². The molecule has 0 amide bonds. The zero-order chi connectivity index (χ0) is 10.8. The number of rotatable bonds is 2. The van der Waals surface area contributed by atoms with Gasteiger partial charge < -0.3 is 5.11 Å². The summed E-state index contributed by atoms with van der Waals surface area (Å²) < 4.78 is 3.81. The first-order valence-corrected chi connectivity index (χ1v) is 6.45. The average Bonchev–Trinajstić information content (AvgIpc) is 2.67. The van der Waals surface area contributed by atoms with Crippen LogP contribution in [0, 0.1) is 17.8 Å². The standard InChI is InChI=1S/C11H18N2OS/c1-7-3-8(2)5-9(4-7)11(14)10-6-15-13-12-10/h6-9,11,14H,3-5H2,1-2H3. The minimum absolute atomic E-state index is 0.368. The highest BCUT2D eigenvalue weighted by atomic mass is 32.1. The van der Waals surface area contributed by atoms with Gasteiger partial charge in [-0.15, -0.1) is 5.10 Å². The third-order valence-corrected chi connectivity index (χ3v) is 3.86. The molecule has 1 N–H and O–H groups in total. The van der Waals surface area contributed by atoms with Crippen molar-refractivity contribution >= 4 is 11.5 Å². The van der Waals surface area contributed by atoms with E-state index < -0.39 is 6.10 Å². The van der Waals surface area contributed by atoms with Crippen LogP contribution in [-0.2, 0) is 0 Å². The van der Waals surface area contributed by atoms with E-state index in [2.05, 4.69) is 23.4 Å². The van der Waals surface area contributed by atoms with Crippen LogP contribution in [0.15, 0.2) is 5.38 Å². The van der Waals surface area contributed by atoms with Gasteiger partial charge in [-0.25, -0.2) is 0 Å². The molecule has 0 aliphatic heterocycles. The molecule has 1 aliphatic rings. The molecule has 0 spiro atoms. The van der Waals surface area contributed by atoms with Crippen molar-refractivity contribution in [1.29, 1.82) is 0 Å². The number of hydrogen-bond donors (Lipinski definition) is 1. The van der Waals surface area contributed by atoms with E-state index in [4.69, 9.17) is 0 Å². The first-order valence-electron chi connectivity index (χ1n) is 5.61. The summed E-state index contributed by atoms with van der Waals surface area (Å²) in [6.45, 7) is 4.54. The van der Waals surface area contributed by atoms with E-state index in [0.29, 0.717) is 5.92 Å². The molecule has 1 aromatic heterocycles. The highest BCUT2D eigenvalue weighted by Crippen LogP contribution is 2.39. The summed E-state index contributed by atoms with van der Waals surface area (Å²) >= 11 is 1.31. The lowest BCUT2D eigenvalue weighted by Gasteiger charge is -2.33. The summed E-state index contributed by atoms with van der Waals surface area (Å²) in [6, 6.07) is 0. The van der Waals surface area contributed by atoms with Crippen LogP contribution in [-0.4, -0.2) is 14.7 Å². The minimum Gasteiger partial charge on any atom is -0.386 e. The van der Waals surface area contributed by atoms with Crippen molar-refractivity contribution in [1.82, 2.24) is 9.59 Å². The van der Waals surface area contributed by atoms with Gasteiger partial charge in [0.2, 0.25) is 0 Å². The predicted molar refractivity (Wildman–Crippen MR) is 60.5 cm³/mol. The van der Waals surface area contributed by atoms with E-state index in [1.165, 1.54) is 18.0 Å². The lowest BCUT2D eigenvalue weighted by Crippen LogP contribution is -2.24. The van der Waals surface area contributed by atoms with Crippen LogP contribution >= 0.6 is 11.5 Å². The van der Waals surface area contributed by atoms with Gasteiger partial charge in [0.25, 0.3) is 0 Å². The van der Waals surface area contributed by atoms with Crippen LogP contribution < -0.4 is 0 Å². The summed E-state index contributed by atoms with van der Waals surface area (Å²) in [7, 11) is 0. The number of hydrogen-bond acceptors (Lipinski definition) is 4. The molecule has 1 saturated carbocycles. The molecule has 1 fully saturated rings. The quantitative estimate of drug-likeness (QED) is 0.843. The van der Waals surface area contributed by atoms with Gasteiger partial charge in [0.15, 0.2) is 0 Å². The molecular weight excluding hydrogens is 208 g/mol. The molecule has 3 nitrogen and oxygen atoms in total. The molecule has 3 atom stereocenters. The second-order valence-electron chi connectivity index (χ2n) is 4.95. The molecule has 0 bridgehead atoms. The first-order chi connectivity index (χ1) is 7.16. The third-order valence-electron chi connectivity index (χ3n) is 3.34. The van der Waals surface area contributed by atoms with Crippen LogP contribution in [0.25, 0.3) is 0 Å². The van der Waals surface area contributed by atoms with E-state index in [1.807, 2.05) is 5.38 Å². The Balaban J connectivity index is 2.03. The summed E-state index contributed by atoms with van der Waals surface area (Å²) in [6.07, 6.45) is 3.11. The van der Waals surface area contributed by atoms with Crippen molar-refractivity contribution in [3.8, 4) is 0 Å². The van der Waals surface area contributed by atoms with Crippen molar-refractivity contribution in [3.63, 3.8) is 0 Å². The predicted octanol–water partition coefficient (Wildman–Crippen LogP) is 2.64. The molecule has 15 heavy (non-hydrogen) atoms. The molecule has 0 aromatic carbocycles. The number of aromatic nitrogens is 2. The molecule has 0 radical (unpaired) electrons. The fraction of sp³-hybridized carbons (Fsp3) is 0.818. The summed E-state index contributed by atoms with van der Waals surface area (Å²) in [5.41, 5.74) is 0.756. The fourth-order valence-electron chi connectivity index (χ4n) is 2.81. The van der Waals surface area contributed by atoms with Crippen molar-refractivity contribution < 1.29 is 5.11 Å².